The molecule has 2 heterocycles. The molecule has 0 radical (unpaired) electrons. The fourth-order valence-electron chi connectivity index (χ4n) is 2.41. The van der Waals surface area contributed by atoms with Crippen LogP contribution in [-0.2, 0) is 0 Å². The lowest BCUT2D eigenvalue weighted by Crippen LogP contribution is -2.42. The summed E-state index contributed by atoms with van der Waals surface area (Å²) in [7, 11) is 0. The molecule has 0 bridgehead atoms. The van der Waals surface area contributed by atoms with Gasteiger partial charge in [-0.25, -0.2) is 9.07 Å². The largest absolute Gasteiger partial charge is 0.348 e. The van der Waals surface area contributed by atoms with Gasteiger partial charge in [-0.3, -0.25) is 4.79 Å². The molecule has 118 valence electrons. The van der Waals surface area contributed by atoms with E-state index in [9.17, 15) is 9.18 Å². The van der Waals surface area contributed by atoms with Gasteiger partial charge >= 0.3 is 0 Å². The average molecular weight is 325 g/mol. The minimum absolute atomic E-state index is 0. The number of carbonyl (C=O) groups excluding carboxylic acids is 1. The molecule has 0 atom stereocenters. The first-order valence-corrected chi connectivity index (χ1v) is 7.05. The molecule has 0 saturated carbocycles. The van der Waals surface area contributed by atoms with E-state index in [1.165, 1.54) is 12.1 Å². The number of rotatable bonds is 3. The van der Waals surface area contributed by atoms with Crippen LogP contribution in [0.25, 0.3) is 5.69 Å². The quantitative estimate of drug-likeness (QED) is 0.907. The molecule has 0 spiro atoms. The van der Waals surface area contributed by atoms with Gasteiger partial charge in [0, 0.05) is 12.2 Å². The van der Waals surface area contributed by atoms with Crippen molar-refractivity contribution >= 4 is 18.3 Å². The molecule has 1 aromatic carbocycles. The molecule has 1 amide bonds. The normalized spacial score (nSPS) is 15.1. The lowest BCUT2D eigenvalue weighted by molar-refractivity contribution is 0.0924. The van der Waals surface area contributed by atoms with Crippen LogP contribution in [0.2, 0.25) is 0 Å². The van der Waals surface area contributed by atoms with Crippen molar-refractivity contribution in [2.24, 2.45) is 0 Å². The molecule has 1 aliphatic heterocycles. The van der Waals surface area contributed by atoms with E-state index < -0.39 is 0 Å². The Kier molecular flexibility index (Phi) is 5.51. The Hall–Kier alpha value is -1.92. The van der Waals surface area contributed by atoms with Crippen molar-refractivity contribution in [3.63, 3.8) is 0 Å². The predicted molar refractivity (Wildman–Crippen MR) is 84.1 cm³/mol. The highest BCUT2D eigenvalue weighted by Gasteiger charge is 2.17. The van der Waals surface area contributed by atoms with Crippen LogP contribution in [0.4, 0.5) is 4.39 Å². The maximum absolute atomic E-state index is 12.9. The number of benzene rings is 1. The molecule has 1 aliphatic rings. The second-order valence-electron chi connectivity index (χ2n) is 5.12. The number of carbonyl (C=O) groups is 1. The van der Waals surface area contributed by atoms with Gasteiger partial charge in [0.1, 0.15) is 5.82 Å². The molecule has 1 aromatic heterocycles. The number of aromatic nitrogens is 2. The van der Waals surface area contributed by atoms with Crippen LogP contribution in [0.5, 0.6) is 0 Å². The zero-order chi connectivity index (χ0) is 14.7. The summed E-state index contributed by atoms with van der Waals surface area (Å²) in [5.74, 6) is -0.461. The highest BCUT2D eigenvalue weighted by atomic mass is 35.5. The Morgan fingerprint density at radius 2 is 1.91 bits per heavy atom. The maximum Gasteiger partial charge on any atom is 0.272 e. The zero-order valence-electron chi connectivity index (χ0n) is 12.0. The molecular formula is C15H18ClFN4O. The van der Waals surface area contributed by atoms with Gasteiger partial charge in [-0.15, -0.1) is 12.4 Å². The van der Waals surface area contributed by atoms with Gasteiger partial charge in [-0.2, -0.15) is 5.10 Å². The van der Waals surface area contributed by atoms with Gasteiger partial charge in [0.05, 0.1) is 5.69 Å². The summed E-state index contributed by atoms with van der Waals surface area (Å²) in [6.07, 6.45) is 3.57. The van der Waals surface area contributed by atoms with Crippen molar-refractivity contribution in [3.05, 3.63) is 48.0 Å². The van der Waals surface area contributed by atoms with E-state index in [2.05, 4.69) is 15.7 Å². The SMILES string of the molecule is Cl.O=C(NC1CCNCC1)c1ccn(-c2ccc(F)cc2)n1. The average Bonchev–Trinajstić information content (AvgIpc) is 2.99. The topological polar surface area (TPSA) is 59.0 Å². The molecule has 3 rings (SSSR count). The zero-order valence-corrected chi connectivity index (χ0v) is 12.8. The minimum Gasteiger partial charge on any atom is -0.348 e. The first-order valence-electron chi connectivity index (χ1n) is 7.05. The molecule has 1 fully saturated rings. The molecule has 1 saturated heterocycles. The van der Waals surface area contributed by atoms with Crippen LogP contribution >= 0.6 is 12.4 Å². The summed E-state index contributed by atoms with van der Waals surface area (Å²) in [4.78, 5) is 12.1. The van der Waals surface area contributed by atoms with Gasteiger partial charge in [-0.05, 0) is 56.3 Å². The third kappa shape index (κ3) is 3.84. The number of hydrogen-bond donors (Lipinski definition) is 2. The van der Waals surface area contributed by atoms with Crippen molar-refractivity contribution < 1.29 is 9.18 Å². The Bertz CT molecular complexity index is 623. The van der Waals surface area contributed by atoms with Crippen molar-refractivity contribution in [1.29, 1.82) is 0 Å². The van der Waals surface area contributed by atoms with E-state index in [0.29, 0.717) is 5.69 Å². The second-order valence-corrected chi connectivity index (χ2v) is 5.12. The molecule has 7 heteroatoms. The van der Waals surface area contributed by atoms with Crippen LogP contribution in [-0.4, -0.2) is 34.8 Å². The summed E-state index contributed by atoms with van der Waals surface area (Å²) in [5, 5.41) is 10.5. The van der Waals surface area contributed by atoms with Crippen LogP contribution < -0.4 is 10.6 Å². The van der Waals surface area contributed by atoms with Gasteiger partial charge in [-0.1, -0.05) is 0 Å². The summed E-state index contributed by atoms with van der Waals surface area (Å²) in [6, 6.07) is 7.85. The monoisotopic (exact) mass is 324 g/mol. The van der Waals surface area contributed by atoms with Gasteiger partial charge < -0.3 is 10.6 Å². The van der Waals surface area contributed by atoms with Crippen molar-refractivity contribution in [2.45, 2.75) is 18.9 Å². The lowest BCUT2D eigenvalue weighted by atomic mass is 10.1. The van der Waals surface area contributed by atoms with E-state index >= 15 is 0 Å². The standard InChI is InChI=1S/C15H17FN4O.ClH/c16-11-1-3-13(4-2-11)20-10-7-14(19-20)15(21)18-12-5-8-17-9-6-12;/h1-4,7,10,12,17H,5-6,8-9H2,(H,18,21);1H. The van der Waals surface area contributed by atoms with Crippen LogP contribution in [0, 0.1) is 5.82 Å². The lowest BCUT2D eigenvalue weighted by Gasteiger charge is -2.23. The molecular weight excluding hydrogens is 307 g/mol. The minimum atomic E-state index is -0.296. The highest BCUT2D eigenvalue weighted by Crippen LogP contribution is 2.10. The first-order chi connectivity index (χ1) is 10.2. The first kappa shape index (κ1) is 16.5. The van der Waals surface area contributed by atoms with Crippen molar-refractivity contribution in [3.8, 4) is 5.69 Å². The van der Waals surface area contributed by atoms with E-state index in [4.69, 9.17) is 0 Å². The van der Waals surface area contributed by atoms with Crippen LogP contribution in [0.3, 0.4) is 0 Å². The van der Waals surface area contributed by atoms with Gasteiger partial charge in [0.15, 0.2) is 5.69 Å². The third-order valence-corrected chi connectivity index (χ3v) is 3.59. The number of piperidine rings is 1. The fourth-order valence-corrected chi connectivity index (χ4v) is 2.41. The van der Waals surface area contributed by atoms with E-state index in [1.54, 1.807) is 29.1 Å². The van der Waals surface area contributed by atoms with Crippen molar-refractivity contribution in [2.75, 3.05) is 13.1 Å². The van der Waals surface area contributed by atoms with E-state index in [0.717, 1.165) is 31.6 Å². The fraction of sp³-hybridized carbons (Fsp3) is 0.333. The van der Waals surface area contributed by atoms with E-state index in [1.807, 2.05) is 0 Å². The smallest absolute Gasteiger partial charge is 0.272 e. The van der Waals surface area contributed by atoms with Crippen LogP contribution in [0.1, 0.15) is 23.3 Å². The predicted octanol–water partition coefficient (Wildman–Crippen LogP) is 1.92. The molecule has 0 aliphatic carbocycles. The third-order valence-electron chi connectivity index (χ3n) is 3.59. The van der Waals surface area contributed by atoms with Gasteiger partial charge in [0.2, 0.25) is 0 Å². The number of halogens is 2. The number of nitrogens with one attached hydrogen (secondary N) is 2. The molecule has 2 N–H and O–H groups in total. The summed E-state index contributed by atoms with van der Waals surface area (Å²) in [5.41, 5.74) is 1.09. The number of hydrogen-bond acceptors (Lipinski definition) is 3. The molecule has 22 heavy (non-hydrogen) atoms. The Morgan fingerprint density at radius 3 is 2.59 bits per heavy atom. The Labute approximate surface area is 134 Å². The highest BCUT2D eigenvalue weighted by molar-refractivity contribution is 5.92. The maximum atomic E-state index is 12.9. The molecule has 0 unspecified atom stereocenters. The Balaban J connectivity index is 0.00000176. The second kappa shape index (κ2) is 7.38. The van der Waals surface area contributed by atoms with Crippen LogP contribution in [0.15, 0.2) is 36.5 Å². The summed E-state index contributed by atoms with van der Waals surface area (Å²) < 4.78 is 14.5. The Morgan fingerprint density at radius 1 is 1.23 bits per heavy atom. The molecule has 5 nitrogen and oxygen atoms in total. The number of amides is 1. The number of nitrogens with zero attached hydrogens (tertiary/aromatic N) is 2. The van der Waals surface area contributed by atoms with Crippen molar-refractivity contribution in [1.82, 2.24) is 20.4 Å². The summed E-state index contributed by atoms with van der Waals surface area (Å²) >= 11 is 0. The summed E-state index contributed by atoms with van der Waals surface area (Å²) in [6.45, 7) is 1.85. The van der Waals surface area contributed by atoms with E-state index in [-0.39, 0.29) is 30.2 Å². The van der Waals surface area contributed by atoms with Gasteiger partial charge in [0.25, 0.3) is 5.91 Å². The molecule has 2 aromatic rings.